The molecule has 0 fully saturated rings. The Kier molecular flexibility index (Phi) is 5.78. The molecular weight excluding hydrogens is 589 g/mol. The summed E-state index contributed by atoms with van der Waals surface area (Å²) < 4.78 is 2.57. The lowest BCUT2D eigenvalue weighted by Crippen LogP contribution is -1.91. The lowest BCUT2D eigenvalue weighted by molar-refractivity contribution is 1.37. The Balaban J connectivity index is 1.09. The zero-order valence-corrected chi connectivity index (χ0v) is 26.1. The summed E-state index contributed by atoms with van der Waals surface area (Å²) in [7, 11) is 0. The van der Waals surface area contributed by atoms with E-state index in [2.05, 4.69) is 158 Å². The van der Waals surface area contributed by atoms with E-state index >= 15 is 0 Å². The fraction of sp³-hybridized carbons (Fsp3) is 0. The Labute approximate surface area is 275 Å². The molecule has 0 unspecified atom stereocenters. The molecule has 0 aliphatic rings. The molecular formula is C44H26N2S. The Morgan fingerprint density at radius 2 is 0.957 bits per heavy atom. The molecule has 47 heavy (non-hydrogen) atoms. The van der Waals surface area contributed by atoms with Gasteiger partial charge < -0.3 is 0 Å². The van der Waals surface area contributed by atoms with Crippen LogP contribution in [-0.2, 0) is 0 Å². The van der Waals surface area contributed by atoms with E-state index in [1.54, 1.807) is 0 Å². The maximum absolute atomic E-state index is 5.28. The number of hydrogen-bond donors (Lipinski definition) is 0. The summed E-state index contributed by atoms with van der Waals surface area (Å²) in [6, 6.07) is 56.6. The largest absolute Gasteiger partial charge is 0.245 e. The third-order valence-corrected chi connectivity index (χ3v) is 10.7. The van der Waals surface area contributed by atoms with Gasteiger partial charge in [-0.1, -0.05) is 133 Å². The van der Waals surface area contributed by atoms with Gasteiger partial charge in [0.25, 0.3) is 0 Å². The minimum atomic E-state index is 0.926. The number of aromatic nitrogens is 2. The molecule has 0 saturated heterocycles. The minimum Gasteiger partial charge on any atom is -0.245 e. The Hall–Kier alpha value is -5.90. The van der Waals surface area contributed by atoms with Crippen LogP contribution in [-0.4, -0.2) is 9.97 Å². The highest BCUT2D eigenvalue weighted by Crippen LogP contribution is 2.40. The van der Waals surface area contributed by atoms with Crippen LogP contribution in [0.1, 0.15) is 0 Å². The quantitative estimate of drug-likeness (QED) is 0.185. The van der Waals surface area contributed by atoms with Crippen LogP contribution in [0.5, 0.6) is 0 Å². The first-order valence-electron chi connectivity index (χ1n) is 15.9. The first-order valence-corrected chi connectivity index (χ1v) is 16.7. The van der Waals surface area contributed by atoms with E-state index in [0.29, 0.717) is 0 Å². The van der Waals surface area contributed by atoms with Crippen LogP contribution >= 0.6 is 11.3 Å². The molecule has 3 heterocycles. The normalized spacial score (nSPS) is 11.8. The second-order valence-electron chi connectivity index (χ2n) is 12.2. The van der Waals surface area contributed by atoms with Crippen LogP contribution < -0.4 is 0 Å². The molecule has 0 radical (unpaired) electrons. The smallest absolute Gasteiger partial charge is 0.0972 e. The van der Waals surface area contributed by atoms with E-state index in [1.165, 1.54) is 52.8 Å². The van der Waals surface area contributed by atoms with Crippen molar-refractivity contribution in [3.63, 3.8) is 0 Å². The molecule has 10 aromatic rings. The molecule has 0 aliphatic carbocycles. The van der Waals surface area contributed by atoms with Gasteiger partial charge in [-0.25, -0.2) is 9.97 Å². The molecule has 218 valence electrons. The van der Waals surface area contributed by atoms with Gasteiger partial charge in [0, 0.05) is 42.1 Å². The molecule has 0 aliphatic heterocycles. The van der Waals surface area contributed by atoms with Gasteiger partial charge in [0.2, 0.25) is 0 Å². The predicted octanol–water partition coefficient (Wildman–Crippen LogP) is 12.5. The van der Waals surface area contributed by atoms with Gasteiger partial charge in [-0.15, -0.1) is 11.3 Å². The van der Waals surface area contributed by atoms with Crippen molar-refractivity contribution < 1.29 is 0 Å². The minimum absolute atomic E-state index is 0.926. The van der Waals surface area contributed by atoms with Crippen molar-refractivity contribution in [1.29, 1.82) is 0 Å². The van der Waals surface area contributed by atoms with Crippen molar-refractivity contribution >= 4 is 74.9 Å². The van der Waals surface area contributed by atoms with Crippen LogP contribution in [0, 0.1) is 0 Å². The number of thiophene rings is 1. The van der Waals surface area contributed by atoms with E-state index in [4.69, 9.17) is 9.97 Å². The molecule has 0 N–H and O–H groups in total. The van der Waals surface area contributed by atoms with Gasteiger partial charge in [0.1, 0.15) is 0 Å². The first-order chi connectivity index (χ1) is 23.3. The number of pyridine rings is 2. The van der Waals surface area contributed by atoms with E-state index in [0.717, 1.165) is 44.3 Å². The number of fused-ring (bicyclic) bond motifs is 9. The fourth-order valence-electron chi connectivity index (χ4n) is 7.14. The number of benzene rings is 7. The number of hydrogen-bond acceptors (Lipinski definition) is 3. The van der Waals surface area contributed by atoms with Gasteiger partial charge in [-0.3, -0.25) is 0 Å². The third-order valence-electron chi connectivity index (χ3n) is 9.46. The standard InChI is InChI=1S/C44H26N2S/c1-2-9-32-31(8-1)26-38(34-11-4-3-10-33(32)34)27-16-18-28(19-17-27)39-24-22-29-20-21-30-23-25-40(46-43(30)42(29)45-39)37-14-7-13-36-35-12-5-6-15-41(35)47-44(36)37/h1-26H. The Morgan fingerprint density at radius 1 is 0.362 bits per heavy atom. The van der Waals surface area contributed by atoms with Gasteiger partial charge in [0.05, 0.1) is 22.4 Å². The van der Waals surface area contributed by atoms with E-state index < -0.39 is 0 Å². The molecule has 0 amide bonds. The molecule has 0 bridgehead atoms. The monoisotopic (exact) mass is 614 g/mol. The molecule has 10 rings (SSSR count). The average Bonchev–Trinajstić information content (AvgIpc) is 3.53. The van der Waals surface area contributed by atoms with Crippen LogP contribution in [0.2, 0.25) is 0 Å². The molecule has 0 atom stereocenters. The number of nitrogens with zero attached hydrogens (tertiary/aromatic N) is 2. The maximum Gasteiger partial charge on any atom is 0.0972 e. The van der Waals surface area contributed by atoms with Gasteiger partial charge in [-0.2, -0.15) is 0 Å². The summed E-state index contributed by atoms with van der Waals surface area (Å²) in [6.07, 6.45) is 0. The summed E-state index contributed by atoms with van der Waals surface area (Å²) in [5.41, 5.74) is 8.46. The van der Waals surface area contributed by atoms with Crippen molar-refractivity contribution in [2.45, 2.75) is 0 Å². The summed E-state index contributed by atoms with van der Waals surface area (Å²) in [6.45, 7) is 0. The summed E-state index contributed by atoms with van der Waals surface area (Å²) in [5, 5.41) is 9.84. The van der Waals surface area contributed by atoms with Gasteiger partial charge in [0.15, 0.2) is 0 Å². The molecule has 3 aromatic heterocycles. The zero-order chi connectivity index (χ0) is 30.9. The first kappa shape index (κ1) is 26.3. The van der Waals surface area contributed by atoms with E-state index in [-0.39, 0.29) is 0 Å². The molecule has 3 heteroatoms. The maximum atomic E-state index is 5.28. The summed E-state index contributed by atoms with van der Waals surface area (Å²) in [4.78, 5) is 10.5. The highest BCUT2D eigenvalue weighted by molar-refractivity contribution is 7.26. The van der Waals surface area contributed by atoms with Crippen LogP contribution in [0.15, 0.2) is 158 Å². The van der Waals surface area contributed by atoms with E-state index in [1.807, 2.05) is 11.3 Å². The van der Waals surface area contributed by atoms with Crippen LogP contribution in [0.3, 0.4) is 0 Å². The van der Waals surface area contributed by atoms with Crippen molar-refractivity contribution in [2.24, 2.45) is 0 Å². The molecule has 0 spiro atoms. The lowest BCUT2D eigenvalue weighted by atomic mass is 9.93. The van der Waals surface area contributed by atoms with E-state index in [9.17, 15) is 0 Å². The predicted molar refractivity (Wildman–Crippen MR) is 201 cm³/mol. The SMILES string of the molecule is c1ccc2c(c1)cc(-c1ccc(-c3ccc4ccc5ccc(-c6cccc7c6sc6ccccc67)nc5c4n3)cc1)c1ccccc12. The second kappa shape index (κ2) is 10.3. The highest BCUT2D eigenvalue weighted by Gasteiger charge is 2.14. The fourth-order valence-corrected chi connectivity index (χ4v) is 8.37. The molecule has 0 saturated carbocycles. The number of rotatable bonds is 3. The van der Waals surface area contributed by atoms with Crippen LogP contribution in [0.25, 0.3) is 97.2 Å². The van der Waals surface area contributed by atoms with Gasteiger partial charge >= 0.3 is 0 Å². The van der Waals surface area contributed by atoms with Crippen molar-refractivity contribution in [3.8, 4) is 33.6 Å². The molecule has 7 aromatic carbocycles. The zero-order valence-electron chi connectivity index (χ0n) is 25.3. The molecule has 2 nitrogen and oxygen atoms in total. The second-order valence-corrected chi connectivity index (χ2v) is 13.2. The van der Waals surface area contributed by atoms with Crippen LogP contribution in [0.4, 0.5) is 0 Å². The van der Waals surface area contributed by atoms with Crippen molar-refractivity contribution in [3.05, 3.63) is 158 Å². The van der Waals surface area contributed by atoms with Gasteiger partial charge in [-0.05, 0) is 56.9 Å². The summed E-state index contributed by atoms with van der Waals surface area (Å²) in [5.74, 6) is 0. The van der Waals surface area contributed by atoms with Crippen molar-refractivity contribution in [1.82, 2.24) is 9.97 Å². The topological polar surface area (TPSA) is 25.8 Å². The Morgan fingerprint density at radius 3 is 1.77 bits per heavy atom. The van der Waals surface area contributed by atoms with Crippen molar-refractivity contribution in [2.75, 3.05) is 0 Å². The average molecular weight is 615 g/mol. The Bertz CT molecular complexity index is 2850. The summed E-state index contributed by atoms with van der Waals surface area (Å²) >= 11 is 1.84. The lowest BCUT2D eigenvalue weighted by Gasteiger charge is -2.12. The highest BCUT2D eigenvalue weighted by atomic mass is 32.1. The third kappa shape index (κ3) is 4.17.